The zero-order chi connectivity index (χ0) is 15.9. The number of aromatic nitrogens is 2. The van der Waals surface area contributed by atoms with Gasteiger partial charge in [-0.3, -0.25) is 0 Å². The van der Waals surface area contributed by atoms with Crippen LogP contribution in [0.2, 0.25) is 0 Å². The number of ether oxygens (including phenoxy) is 2. The molecule has 0 radical (unpaired) electrons. The van der Waals surface area contributed by atoms with Crippen LogP contribution in [-0.4, -0.2) is 29.2 Å². The van der Waals surface area contributed by atoms with E-state index >= 15 is 0 Å². The number of hydrogen-bond donors (Lipinski definition) is 1. The number of nitrogens with zero attached hydrogens (tertiary/aromatic N) is 2. The number of anilines is 1. The summed E-state index contributed by atoms with van der Waals surface area (Å²) >= 11 is 0. The van der Waals surface area contributed by atoms with E-state index in [1.165, 1.54) is 6.20 Å². The van der Waals surface area contributed by atoms with Gasteiger partial charge in [-0.05, 0) is 31.5 Å². The fraction of sp³-hybridized carbons (Fsp3) is 0.312. The lowest BCUT2D eigenvalue weighted by Gasteiger charge is -2.08. The molecule has 1 aromatic carbocycles. The molecule has 1 aromatic heterocycles. The highest BCUT2D eigenvalue weighted by Crippen LogP contribution is 2.13. The molecule has 0 unspecified atom stereocenters. The van der Waals surface area contributed by atoms with Crippen molar-refractivity contribution in [1.82, 2.24) is 9.97 Å². The minimum absolute atomic E-state index is 0.124. The Hall–Kier alpha value is -2.63. The van der Waals surface area contributed by atoms with Gasteiger partial charge in [0, 0.05) is 12.6 Å². The monoisotopic (exact) mass is 301 g/mol. The first kappa shape index (κ1) is 15.8. The highest BCUT2D eigenvalue weighted by molar-refractivity contribution is 5.93. The van der Waals surface area contributed by atoms with Crippen molar-refractivity contribution in [3.63, 3.8) is 0 Å². The van der Waals surface area contributed by atoms with Crippen LogP contribution < -0.4 is 10.5 Å². The first-order valence-corrected chi connectivity index (χ1v) is 7.08. The van der Waals surface area contributed by atoms with Gasteiger partial charge < -0.3 is 15.2 Å². The number of carbonyl (C=O) groups excluding carboxylic acids is 1. The fourth-order valence-corrected chi connectivity index (χ4v) is 1.89. The molecule has 0 aliphatic rings. The lowest BCUT2D eigenvalue weighted by Crippen LogP contribution is -2.13. The SMILES string of the molecule is CCOC(=O)c1cnc(CCOc2cccc(C)c2)nc1N. The Morgan fingerprint density at radius 2 is 2.18 bits per heavy atom. The largest absolute Gasteiger partial charge is 0.493 e. The van der Waals surface area contributed by atoms with Crippen LogP contribution in [0.15, 0.2) is 30.5 Å². The summed E-state index contributed by atoms with van der Waals surface area (Å²) in [6, 6.07) is 7.79. The Kier molecular flexibility index (Phi) is 5.30. The van der Waals surface area contributed by atoms with E-state index in [2.05, 4.69) is 9.97 Å². The van der Waals surface area contributed by atoms with E-state index in [1.54, 1.807) is 6.92 Å². The molecule has 0 amide bonds. The van der Waals surface area contributed by atoms with Crippen molar-refractivity contribution < 1.29 is 14.3 Å². The highest BCUT2D eigenvalue weighted by atomic mass is 16.5. The third-order valence-corrected chi connectivity index (χ3v) is 2.95. The van der Waals surface area contributed by atoms with Crippen LogP contribution in [-0.2, 0) is 11.2 Å². The zero-order valence-electron chi connectivity index (χ0n) is 12.7. The Morgan fingerprint density at radius 1 is 1.36 bits per heavy atom. The standard InChI is InChI=1S/C16H19N3O3/c1-3-21-16(20)13-10-18-14(19-15(13)17)7-8-22-12-6-4-5-11(2)9-12/h4-6,9-10H,3,7-8H2,1-2H3,(H2,17,18,19). The summed E-state index contributed by atoms with van der Waals surface area (Å²) in [5.41, 5.74) is 7.08. The van der Waals surface area contributed by atoms with Crippen molar-refractivity contribution in [3.05, 3.63) is 47.4 Å². The zero-order valence-corrected chi connectivity index (χ0v) is 12.7. The normalized spacial score (nSPS) is 10.3. The molecule has 6 heteroatoms. The number of aryl methyl sites for hydroxylation is 1. The fourth-order valence-electron chi connectivity index (χ4n) is 1.89. The van der Waals surface area contributed by atoms with Gasteiger partial charge in [-0.25, -0.2) is 14.8 Å². The second kappa shape index (κ2) is 7.40. The smallest absolute Gasteiger partial charge is 0.343 e. The summed E-state index contributed by atoms with van der Waals surface area (Å²) in [6.45, 7) is 4.45. The molecule has 0 bridgehead atoms. The van der Waals surface area contributed by atoms with Gasteiger partial charge >= 0.3 is 5.97 Å². The number of esters is 1. The maximum Gasteiger partial charge on any atom is 0.343 e. The Labute approximate surface area is 129 Å². The maximum atomic E-state index is 11.6. The molecule has 0 atom stereocenters. The highest BCUT2D eigenvalue weighted by Gasteiger charge is 2.13. The molecule has 0 aliphatic carbocycles. The third kappa shape index (κ3) is 4.18. The first-order chi connectivity index (χ1) is 10.6. The van der Waals surface area contributed by atoms with Crippen molar-refractivity contribution in [2.45, 2.75) is 20.3 Å². The molecule has 116 valence electrons. The molecule has 22 heavy (non-hydrogen) atoms. The second-order valence-electron chi connectivity index (χ2n) is 4.72. The quantitative estimate of drug-likeness (QED) is 0.823. The van der Waals surface area contributed by atoms with E-state index in [4.69, 9.17) is 15.2 Å². The molecular weight excluding hydrogens is 282 g/mol. The minimum Gasteiger partial charge on any atom is -0.493 e. The van der Waals surface area contributed by atoms with E-state index < -0.39 is 5.97 Å². The van der Waals surface area contributed by atoms with Crippen molar-refractivity contribution in [3.8, 4) is 5.75 Å². The lowest BCUT2D eigenvalue weighted by molar-refractivity contribution is 0.0526. The van der Waals surface area contributed by atoms with Gasteiger partial charge in [-0.1, -0.05) is 12.1 Å². The summed E-state index contributed by atoms with van der Waals surface area (Å²) in [7, 11) is 0. The number of nitrogens with two attached hydrogens (primary N) is 1. The Bertz CT molecular complexity index is 659. The van der Waals surface area contributed by atoms with Gasteiger partial charge in [-0.15, -0.1) is 0 Å². The van der Waals surface area contributed by atoms with Crippen LogP contribution in [0.25, 0.3) is 0 Å². The van der Waals surface area contributed by atoms with Crippen LogP contribution >= 0.6 is 0 Å². The van der Waals surface area contributed by atoms with E-state index in [-0.39, 0.29) is 18.0 Å². The predicted octanol–water partition coefficient (Wildman–Crippen LogP) is 2.17. The third-order valence-electron chi connectivity index (χ3n) is 2.95. The van der Waals surface area contributed by atoms with Gasteiger partial charge in [0.05, 0.1) is 13.2 Å². The van der Waals surface area contributed by atoms with Crippen LogP contribution in [0, 0.1) is 6.92 Å². The molecule has 0 fully saturated rings. The van der Waals surface area contributed by atoms with E-state index in [1.807, 2.05) is 31.2 Å². The molecule has 0 aliphatic heterocycles. The molecule has 0 saturated heterocycles. The molecule has 2 aromatic rings. The second-order valence-corrected chi connectivity index (χ2v) is 4.72. The Balaban J connectivity index is 1.93. The average molecular weight is 301 g/mol. The minimum atomic E-state index is -0.512. The van der Waals surface area contributed by atoms with Crippen LogP contribution in [0.4, 0.5) is 5.82 Å². The van der Waals surface area contributed by atoms with Gasteiger partial charge in [0.25, 0.3) is 0 Å². The molecule has 2 N–H and O–H groups in total. The predicted molar refractivity (Wildman–Crippen MR) is 82.8 cm³/mol. The molecule has 0 spiro atoms. The van der Waals surface area contributed by atoms with Crippen LogP contribution in [0.1, 0.15) is 28.7 Å². The number of carbonyl (C=O) groups is 1. The maximum absolute atomic E-state index is 11.6. The molecular formula is C16H19N3O3. The summed E-state index contributed by atoms with van der Waals surface area (Å²) in [6.07, 6.45) is 1.89. The van der Waals surface area contributed by atoms with Crippen molar-refractivity contribution in [2.24, 2.45) is 0 Å². The molecule has 0 saturated carbocycles. The lowest BCUT2D eigenvalue weighted by atomic mass is 10.2. The van der Waals surface area contributed by atoms with Gasteiger partial charge in [-0.2, -0.15) is 0 Å². The van der Waals surface area contributed by atoms with Gasteiger partial charge in [0.1, 0.15) is 23.0 Å². The number of benzene rings is 1. The van der Waals surface area contributed by atoms with E-state index in [0.717, 1.165) is 11.3 Å². The van der Waals surface area contributed by atoms with Crippen LogP contribution in [0.5, 0.6) is 5.75 Å². The molecule has 1 heterocycles. The average Bonchev–Trinajstić information content (AvgIpc) is 2.47. The first-order valence-electron chi connectivity index (χ1n) is 7.08. The number of rotatable bonds is 6. The molecule has 6 nitrogen and oxygen atoms in total. The van der Waals surface area contributed by atoms with Crippen LogP contribution in [0.3, 0.4) is 0 Å². The van der Waals surface area contributed by atoms with Crippen molar-refractivity contribution in [2.75, 3.05) is 18.9 Å². The Morgan fingerprint density at radius 3 is 2.86 bits per heavy atom. The van der Waals surface area contributed by atoms with Crippen molar-refractivity contribution >= 4 is 11.8 Å². The topological polar surface area (TPSA) is 87.3 Å². The van der Waals surface area contributed by atoms with Gasteiger partial charge in [0.15, 0.2) is 0 Å². The summed E-state index contributed by atoms with van der Waals surface area (Å²) in [5.74, 6) is 0.941. The van der Waals surface area contributed by atoms with E-state index in [9.17, 15) is 4.79 Å². The number of hydrogen-bond acceptors (Lipinski definition) is 6. The summed E-state index contributed by atoms with van der Waals surface area (Å²) in [5, 5.41) is 0. The number of nitrogen functional groups attached to an aromatic ring is 1. The van der Waals surface area contributed by atoms with E-state index in [0.29, 0.717) is 18.9 Å². The summed E-state index contributed by atoms with van der Waals surface area (Å²) < 4.78 is 10.5. The molecule has 2 rings (SSSR count). The van der Waals surface area contributed by atoms with Crippen molar-refractivity contribution in [1.29, 1.82) is 0 Å². The summed E-state index contributed by atoms with van der Waals surface area (Å²) in [4.78, 5) is 19.8. The van der Waals surface area contributed by atoms with Gasteiger partial charge in [0.2, 0.25) is 0 Å².